The lowest BCUT2D eigenvalue weighted by Crippen LogP contribution is -2.19. The van der Waals surface area contributed by atoms with Crippen LogP contribution >= 0.6 is 11.6 Å². The molecule has 1 heterocycles. The highest BCUT2D eigenvalue weighted by Crippen LogP contribution is 2.28. The first-order valence-electron chi connectivity index (χ1n) is 6.62. The predicted octanol–water partition coefficient (Wildman–Crippen LogP) is 3.35. The van der Waals surface area contributed by atoms with Gasteiger partial charge in [0.2, 0.25) is 0 Å². The van der Waals surface area contributed by atoms with Crippen LogP contribution in [0.5, 0.6) is 11.5 Å². The molecule has 0 spiro atoms. The van der Waals surface area contributed by atoms with Crippen molar-refractivity contribution in [3.05, 3.63) is 58.6 Å². The molecule has 0 saturated carbocycles. The highest BCUT2D eigenvalue weighted by atomic mass is 35.5. The number of halogens is 1. The number of fused-ring (bicyclic) bond motifs is 1. The molecule has 2 aromatic carbocycles. The van der Waals surface area contributed by atoms with Gasteiger partial charge in [0.1, 0.15) is 18.1 Å². The molecule has 0 radical (unpaired) electrons. The molecule has 2 N–H and O–H groups in total. The summed E-state index contributed by atoms with van der Waals surface area (Å²) in [5.74, 6) is 1.70. The first kappa shape index (κ1) is 13.3. The van der Waals surface area contributed by atoms with Crippen molar-refractivity contribution in [2.45, 2.75) is 12.5 Å². The quantitative estimate of drug-likeness (QED) is 0.939. The number of rotatable bonds is 4. The molecule has 1 aliphatic rings. The Morgan fingerprint density at radius 1 is 1.25 bits per heavy atom. The molecule has 1 atom stereocenters. The van der Waals surface area contributed by atoms with Gasteiger partial charge in [0.15, 0.2) is 0 Å². The summed E-state index contributed by atoms with van der Waals surface area (Å²) in [5, 5.41) is 0.658. The van der Waals surface area contributed by atoms with Gasteiger partial charge in [0.05, 0.1) is 12.6 Å². The summed E-state index contributed by atoms with van der Waals surface area (Å²) in [6.45, 7) is 1.17. The number of ether oxygens (including phenoxy) is 2. The molecule has 0 bridgehead atoms. The molecular weight excluding hydrogens is 274 g/mol. The SMILES string of the molecule is NC(COc1cccc(Cl)c1)c1ccc2c(c1)CCO2. The van der Waals surface area contributed by atoms with Gasteiger partial charge in [-0.25, -0.2) is 0 Å². The first-order valence-corrected chi connectivity index (χ1v) is 7.00. The molecule has 0 fully saturated rings. The second kappa shape index (κ2) is 5.73. The predicted molar refractivity (Wildman–Crippen MR) is 79.5 cm³/mol. The van der Waals surface area contributed by atoms with Crippen molar-refractivity contribution in [3.8, 4) is 11.5 Å². The molecule has 4 heteroatoms. The zero-order valence-corrected chi connectivity index (χ0v) is 11.8. The van der Waals surface area contributed by atoms with Crippen molar-refractivity contribution >= 4 is 11.6 Å². The molecule has 20 heavy (non-hydrogen) atoms. The summed E-state index contributed by atoms with van der Waals surface area (Å²) < 4.78 is 11.2. The third kappa shape index (κ3) is 2.89. The Bertz CT molecular complexity index is 615. The molecule has 3 nitrogen and oxygen atoms in total. The second-order valence-electron chi connectivity index (χ2n) is 4.84. The van der Waals surface area contributed by atoms with Crippen LogP contribution < -0.4 is 15.2 Å². The van der Waals surface area contributed by atoms with Crippen LogP contribution in [0.1, 0.15) is 17.2 Å². The maximum atomic E-state index is 6.18. The fraction of sp³-hybridized carbons (Fsp3) is 0.250. The number of hydrogen-bond acceptors (Lipinski definition) is 3. The van der Waals surface area contributed by atoms with Crippen LogP contribution in [0.25, 0.3) is 0 Å². The Kier molecular flexibility index (Phi) is 3.81. The van der Waals surface area contributed by atoms with E-state index in [2.05, 4.69) is 6.07 Å². The van der Waals surface area contributed by atoms with Crippen LogP contribution in [-0.4, -0.2) is 13.2 Å². The summed E-state index contributed by atoms with van der Waals surface area (Å²) in [6.07, 6.45) is 0.949. The summed E-state index contributed by atoms with van der Waals surface area (Å²) in [7, 11) is 0. The fourth-order valence-electron chi connectivity index (χ4n) is 2.28. The van der Waals surface area contributed by atoms with Crippen molar-refractivity contribution in [1.82, 2.24) is 0 Å². The Morgan fingerprint density at radius 2 is 2.15 bits per heavy atom. The molecule has 0 aliphatic carbocycles. The van der Waals surface area contributed by atoms with Crippen molar-refractivity contribution in [2.75, 3.05) is 13.2 Å². The highest BCUT2D eigenvalue weighted by molar-refractivity contribution is 6.30. The summed E-state index contributed by atoms with van der Waals surface area (Å²) in [4.78, 5) is 0. The van der Waals surface area contributed by atoms with Crippen molar-refractivity contribution in [2.24, 2.45) is 5.73 Å². The van der Waals surface area contributed by atoms with E-state index in [9.17, 15) is 0 Å². The lowest BCUT2D eigenvalue weighted by atomic mass is 10.0. The maximum absolute atomic E-state index is 6.18. The molecule has 0 amide bonds. The minimum atomic E-state index is -0.167. The van der Waals surface area contributed by atoms with E-state index in [0.29, 0.717) is 11.6 Å². The normalized spacial score (nSPS) is 14.5. The topological polar surface area (TPSA) is 44.5 Å². The summed E-state index contributed by atoms with van der Waals surface area (Å²) in [5.41, 5.74) is 8.47. The third-order valence-electron chi connectivity index (χ3n) is 3.37. The van der Waals surface area contributed by atoms with Gasteiger partial charge in [0.25, 0.3) is 0 Å². The van der Waals surface area contributed by atoms with E-state index >= 15 is 0 Å². The molecule has 0 saturated heterocycles. The van der Waals surface area contributed by atoms with Crippen molar-refractivity contribution < 1.29 is 9.47 Å². The summed E-state index contributed by atoms with van der Waals surface area (Å²) in [6, 6.07) is 13.2. The Labute approximate surface area is 123 Å². The van der Waals surface area contributed by atoms with E-state index in [-0.39, 0.29) is 6.04 Å². The molecular formula is C16H16ClNO2. The van der Waals surface area contributed by atoms with E-state index in [1.54, 1.807) is 6.07 Å². The van der Waals surface area contributed by atoms with Gasteiger partial charge in [-0.2, -0.15) is 0 Å². The lowest BCUT2D eigenvalue weighted by molar-refractivity contribution is 0.290. The van der Waals surface area contributed by atoms with Gasteiger partial charge >= 0.3 is 0 Å². The van der Waals surface area contributed by atoms with Gasteiger partial charge in [-0.15, -0.1) is 0 Å². The van der Waals surface area contributed by atoms with Crippen LogP contribution in [0.2, 0.25) is 5.02 Å². The van der Waals surface area contributed by atoms with Crippen LogP contribution in [-0.2, 0) is 6.42 Å². The van der Waals surface area contributed by atoms with Gasteiger partial charge in [0, 0.05) is 11.4 Å². The van der Waals surface area contributed by atoms with Gasteiger partial charge < -0.3 is 15.2 Å². The Morgan fingerprint density at radius 3 is 3.00 bits per heavy atom. The number of benzene rings is 2. The molecule has 1 unspecified atom stereocenters. The van der Waals surface area contributed by atoms with E-state index in [1.165, 1.54) is 5.56 Å². The van der Waals surface area contributed by atoms with E-state index < -0.39 is 0 Å². The monoisotopic (exact) mass is 289 g/mol. The fourth-order valence-corrected chi connectivity index (χ4v) is 2.46. The maximum Gasteiger partial charge on any atom is 0.122 e. The largest absolute Gasteiger partial charge is 0.493 e. The summed E-state index contributed by atoms with van der Waals surface area (Å²) >= 11 is 5.92. The minimum absolute atomic E-state index is 0.167. The Hall–Kier alpha value is -1.71. The van der Waals surface area contributed by atoms with Crippen LogP contribution in [0.4, 0.5) is 0 Å². The van der Waals surface area contributed by atoms with Crippen molar-refractivity contribution in [3.63, 3.8) is 0 Å². The lowest BCUT2D eigenvalue weighted by Gasteiger charge is -2.14. The molecule has 0 aromatic heterocycles. The third-order valence-corrected chi connectivity index (χ3v) is 3.60. The van der Waals surface area contributed by atoms with Gasteiger partial charge in [-0.3, -0.25) is 0 Å². The Balaban J connectivity index is 1.66. The van der Waals surface area contributed by atoms with Gasteiger partial charge in [-0.1, -0.05) is 29.8 Å². The van der Waals surface area contributed by atoms with Crippen LogP contribution in [0.3, 0.4) is 0 Å². The molecule has 2 aromatic rings. The standard InChI is InChI=1S/C16H16ClNO2/c17-13-2-1-3-14(9-13)20-10-15(18)11-4-5-16-12(8-11)6-7-19-16/h1-5,8-9,15H,6-7,10,18H2. The highest BCUT2D eigenvalue weighted by Gasteiger charge is 2.15. The van der Waals surface area contributed by atoms with Crippen molar-refractivity contribution in [1.29, 1.82) is 0 Å². The second-order valence-corrected chi connectivity index (χ2v) is 5.28. The zero-order chi connectivity index (χ0) is 13.9. The van der Waals surface area contributed by atoms with Crippen LogP contribution in [0.15, 0.2) is 42.5 Å². The number of nitrogens with two attached hydrogens (primary N) is 1. The molecule has 104 valence electrons. The number of hydrogen-bond donors (Lipinski definition) is 1. The molecule has 1 aliphatic heterocycles. The van der Waals surface area contributed by atoms with E-state index in [1.807, 2.05) is 30.3 Å². The zero-order valence-electron chi connectivity index (χ0n) is 11.0. The average molecular weight is 290 g/mol. The van der Waals surface area contributed by atoms with Gasteiger partial charge in [-0.05, 0) is 35.4 Å². The molecule has 3 rings (SSSR count). The van der Waals surface area contributed by atoms with E-state index in [0.717, 1.165) is 30.1 Å². The smallest absolute Gasteiger partial charge is 0.122 e. The first-order chi connectivity index (χ1) is 9.72. The van der Waals surface area contributed by atoms with Crippen LogP contribution in [0, 0.1) is 0 Å². The van der Waals surface area contributed by atoms with E-state index in [4.69, 9.17) is 26.8 Å². The minimum Gasteiger partial charge on any atom is -0.493 e. The average Bonchev–Trinajstić information content (AvgIpc) is 2.92.